The summed E-state index contributed by atoms with van der Waals surface area (Å²) in [5, 5.41) is 11.9. The largest absolute Gasteiger partial charge is 0.481 e. The molecule has 0 radical (unpaired) electrons. The van der Waals surface area contributed by atoms with Gasteiger partial charge in [-0.3, -0.25) is 9.59 Å². The Morgan fingerprint density at radius 2 is 2.00 bits per heavy atom. The van der Waals surface area contributed by atoms with E-state index >= 15 is 0 Å². The van der Waals surface area contributed by atoms with E-state index in [2.05, 4.69) is 21.2 Å². The summed E-state index contributed by atoms with van der Waals surface area (Å²) in [5.41, 5.74) is -0.744. The third kappa shape index (κ3) is 4.31. The molecule has 0 aromatic carbocycles. The smallest absolute Gasteiger partial charge is 0.305 e. The number of amides is 1. The maximum Gasteiger partial charge on any atom is 0.305 e. The van der Waals surface area contributed by atoms with Crippen molar-refractivity contribution in [3.05, 3.63) is 20.8 Å². The number of thiophene rings is 1. The molecule has 1 aromatic heterocycles. The van der Waals surface area contributed by atoms with E-state index in [9.17, 15) is 9.59 Å². The van der Waals surface area contributed by atoms with E-state index in [-0.39, 0.29) is 24.2 Å². The molecule has 2 N–H and O–H groups in total. The van der Waals surface area contributed by atoms with Crippen molar-refractivity contribution in [2.45, 2.75) is 45.6 Å². The monoisotopic (exact) mass is 361 g/mol. The van der Waals surface area contributed by atoms with Crippen LogP contribution in [0.1, 0.15) is 44.9 Å². The Labute approximate surface area is 131 Å². The van der Waals surface area contributed by atoms with Crippen molar-refractivity contribution in [1.29, 1.82) is 0 Å². The maximum atomic E-state index is 12.3. The number of hydrogen-bond acceptors (Lipinski definition) is 3. The van der Waals surface area contributed by atoms with Crippen LogP contribution in [0.15, 0.2) is 15.9 Å². The van der Waals surface area contributed by atoms with Gasteiger partial charge in [-0.25, -0.2) is 0 Å². The second-order valence-electron chi connectivity index (χ2n) is 5.50. The van der Waals surface area contributed by atoms with E-state index in [1.165, 1.54) is 11.3 Å². The zero-order chi connectivity index (χ0) is 15.5. The van der Waals surface area contributed by atoms with Gasteiger partial charge in [0.25, 0.3) is 0 Å². The molecule has 20 heavy (non-hydrogen) atoms. The predicted molar refractivity (Wildman–Crippen MR) is 84.1 cm³/mol. The summed E-state index contributed by atoms with van der Waals surface area (Å²) in [5.74, 6) is -1.31. The summed E-state index contributed by atoms with van der Waals surface area (Å²) >= 11 is 4.89. The molecule has 6 heteroatoms. The molecule has 0 aliphatic carbocycles. The summed E-state index contributed by atoms with van der Waals surface area (Å²) in [6.07, 6.45) is -0.0861. The molecule has 112 valence electrons. The van der Waals surface area contributed by atoms with E-state index in [0.29, 0.717) is 0 Å². The fourth-order valence-electron chi connectivity index (χ4n) is 1.79. The predicted octanol–water partition coefficient (Wildman–Crippen LogP) is 3.62. The van der Waals surface area contributed by atoms with Crippen LogP contribution in [0, 0.1) is 5.92 Å². The van der Waals surface area contributed by atoms with Crippen molar-refractivity contribution >= 4 is 39.1 Å². The first kappa shape index (κ1) is 17.2. The van der Waals surface area contributed by atoms with Gasteiger partial charge in [0.05, 0.1) is 16.1 Å². The maximum absolute atomic E-state index is 12.3. The van der Waals surface area contributed by atoms with Crippen molar-refractivity contribution in [3.8, 4) is 0 Å². The second-order valence-corrected chi connectivity index (χ2v) is 7.99. The van der Waals surface area contributed by atoms with Gasteiger partial charge in [-0.05, 0) is 47.8 Å². The molecule has 1 amide bonds. The highest BCUT2D eigenvalue weighted by Gasteiger charge is 2.34. The van der Waals surface area contributed by atoms with Gasteiger partial charge in [-0.2, -0.15) is 0 Å². The summed E-state index contributed by atoms with van der Waals surface area (Å²) in [4.78, 5) is 24.3. The van der Waals surface area contributed by atoms with Gasteiger partial charge in [-0.15, -0.1) is 11.3 Å². The zero-order valence-electron chi connectivity index (χ0n) is 12.1. The van der Waals surface area contributed by atoms with Crippen LogP contribution in [-0.2, 0) is 9.59 Å². The number of aliphatic carboxylic acids is 1. The number of carboxylic acids is 1. The van der Waals surface area contributed by atoms with E-state index in [1.807, 2.05) is 32.9 Å². The standard InChI is InChI=1S/C14H20BrNO3S/c1-8(2)14(4,7-12(17)18)16-13(19)9(3)10-5-6-11(15)20-10/h5-6,8-9H,7H2,1-4H3,(H,16,19)(H,17,18). The molecule has 0 fully saturated rings. The van der Waals surface area contributed by atoms with Crippen LogP contribution in [0.25, 0.3) is 0 Å². The lowest BCUT2D eigenvalue weighted by Gasteiger charge is -2.34. The van der Waals surface area contributed by atoms with Crippen LogP contribution in [0.4, 0.5) is 0 Å². The third-order valence-corrected chi connectivity index (χ3v) is 5.42. The molecule has 4 nitrogen and oxygen atoms in total. The number of rotatable bonds is 6. The molecule has 0 bridgehead atoms. The highest BCUT2D eigenvalue weighted by atomic mass is 79.9. The van der Waals surface area contributed by atoms with Gasteiger partial charge in [0.2, 0.25) is 5.91 Å². The summed E-state index contributed by atoms with van der Waals surface area (Å²) in [6.45, 7) is 7.43. The third-order valence-electron chi connectivity index (χ3n) is 3.62. The summed E-state index contributed by atoms with van der Waals surface area (Å²) in [7, 11) is 0. The lowest BCUT2D eigenvalue weighted by atomic mass is 9.84. The minimum atomic E-state index is -0.909. The molecule has 1 rings (SSSR count). The van der Waals surface area contributed by atoms with Crippen LogP contribution >= 0.6 is 27.3 Å². The summed E-state index contributed by atoms with van der Waals surface area (Å²) in [6, 6.07) is 3.81. The van der Waals surface area contributed by atoms with Gasteiger partial charge in [0.15, 0.2) is 0 Å². The molecule has 1 aromatic rings. The number of halogens is 1. The molecule has 1 heterocycles. The SMILES string of the molecule is CC(C(=O)NC(C)(CC(=O)O)C(C)C)c1ccc(Br)s1. The van der Waals surface area contributed by atoms with Crippen molar-refractivity contribution in [1.82, 2.24) is 5.32 Å². The number of carbonyl (C=O) groups excluding carboxylic acids is 1. The Morgan fingerprint density at radius 3 is 2.40 bits per heavy atom. The Balaban J connectivity index is 2.83. The number of nitrogens with one attached hydrogen (secondary N) is 1. The molecule has 0 saturated heterocycles. The highest BCUT2D eigenvalue weighted by molar-refractivity contribution is 9.11. The summed E-state index contributed by atoms with van der Waals surface area (Å²) < 4.78 is 0.976. The highest BCUT2D eigenvalue weighted by Crippen LogP contribution is 2.30. The number of hydrogen-bond donors (Lipinski definition) is 2. The van der Waals surface area contributed by atoms with Gasteiger partial charge < -0.3 is 10.4 Å². The normalized spacial score (nSPS) is 15.7. The molecule has 2 unspecified atom stereocenters. The molecule has 0 spiro atoms. The van der Waals surface area contributed by atoms with Crippen LogP contribution < -0.4 is 5.32 Å². The van der Waals surface area contributed by atoms with Crippen LogP contribution in [-0.4, -0.2) is 22.5 Å². The molecule has 0 saturated carbocycles. The second kappa shape index (κ2) is 6.72. The molecule has 0 aliphatic heterocycles. The fourth-order valence-corrected chi connectivity index (χ4v) is 3.26. The topological polar surface area (TPSA) is 66.4 Å². The molecular formula is C14H20BrNO3S. The van der Waals surface area contributed by atoms with Crippen molar-refractivity contribution in [2.24, 2.45) is 5.92 Å². The van der Waals surface area contributed by atoms with Gasteiger partial charge in [-0.1, -0.05) is 13.8 Å². The average Bonchev–Trinajstić information content (AvgIpc) is 2.73. The van der Waals surface area contributed by atoms with Gasteiger partial charge in [0, 0.05) is 10.4 Å². The molecule has 0 aliphatic rings. The number of carbonyl (C=O) groups is 2. The Morgan fingerprint density at radius 1 is 1.40 bits per heavy atom. The fraction of sp³-hybridized carbons (Fsp3) is 0.571. The van der Waals surface area contributed by atoms with Crippen molar-refractivity contribution in [2.75, 3.05) is 0 Å². The minimum Gasteiger partial charge on any atom is -0.481 e. The van der Waals surface area contributed by atoms with E-state index < -0.39 is 11.5 Å². The van der Waals surface area contributed by atoms with Gasteiger partial charge >= 0.3 is 5.97 Å². The Kier molecular flexibility index (Phi) is 5.77. The number of carboxylic acid groups (broad SMARTS) is 1. The van der Waals surface area contributed by atoms with Crippen LogP contribution in [0.5, 0.6) is 0 Å². The van der Waals surface area contributed by atoms with Crippen LogP contribution in [0.3, 0.4) is 0 Å². The van der Waals surface area contributed by atoms with E-state index in [0.717, 1.165) is 8.66 Å². The average molecular weight is 362 g/mol. The Bertz CT molecular complexity index is 500. The zero-order valence-corrected chi connectivity index (χ0v) is 14.5. The van der Waals surface area contributed by atoms with Crippen LogP contribution in [0.2, 0.25) is 0 Å². The first-order valence-electron chi connectivity index (χ1n) is 6.44. The van der Waals surface area contributed by atoms with Crippen molar-refractivity contribution in [3.63, 3.8) is 0 Å². The molecule has 2 atom stereocenters. The first-order chi connectivity index (χ1) is 9.15. The first-order valence-corrected chi connectivity index (χ1v) is 8.05. The lowest BCUT2D eigenvalue weighted by Crippen LogP contribution is -2.52. The minimum absolute atomic E-state index is 0.0322. The Hall–Kier alpha value is -0.880. The lowest BCUT2D eigenvalue weighted by molar-refractivity contribution is -0.139. The van der Waals surface area contributed by atoms with E-state index in [4.69, 9.17) is 5.11 Å². The quantitative estimate of drug-likeness (QED) is 0.812. The van der Waals surface area contributed by atoms with Gasteiger partial charge in [0.1, 0.15) is 0 Å². The molecular weight excluding hydrogens is 342 g/mol. The van der Waals surface area contributed by atoms with E-state index in [1.54, 1.807) is 6.92 Å². The van der Waals surface area contributed by atoms with Crippen molar-refractivity contribution < 1.29 is 14.7 Å².